The van der Waals surface area contributed by atoms with E-state index in [0.29, 0.717) is 0 Å². The maximum atomic E-state index is 12.5. The SMILES string of the molecule is CCCCCCCCCCCCCCCCCCCOC(=O)c1cn([C@@H]2O[C@H](CO)[C@@H](O)[C@@H]2O)c(=O)nc1N. The Labute approximate surface area is 232 Å². The summed E-state index contributed by atoms with van der Waals surface area (Å²) in [5.74, 6) is -1.01. The van der Waals surface area contributed by atoms with Gasteiger partial charge in [0.1, 0.15) is 29.7 Å². The molecule has 0 unspecified atom stereocenters. The van der Waals surface area contributed by atoms with Crippen molar-refractivity contribution in [1.82, 2.24) is 9.55 Å². The molecule has 1 aliphatic rings. The highest BCUT2D eigenvalue weighted by molar-refractivity contribution is 5.93. The molecule has 1 fully saturated rings. The Morgan fingerprint density at radius 1 is 0.897 bits per heavy atom. The fourth-order valence-electron chi connectivity index (χ4n) is 5.00. The Balaban J connectivity index is 1.54. The van der Waals surface area contributed by atoms with Crippen molar-refractivity contribution in [3.05, 3.63) is 22.2 Å². The smallest absolute Gasteiger partial charge is 0.351 e. The second-order valence-corrected chi connectivity index (χ2v) is 10.8. The molecule has 0 spiro atoms. The minimum atomic E-state index is -1.48. The van der Waals surface area contributed by atoms with Crippen molar-refractivity contribution in [2.75, 3.05) is 18.9 Å². The zero-order chi connectivity index (χ0) is 28.5. The monoisotopic (exact) mass is 553 g/mol. The van der Waals surface area contributed by atoms with Gasteiger partial charge in [-0.15, -0.1) is 0 Å². The minimum Gasteiger partial charge on any atom is -0.462 e. The number of anilines is 1. The van der Waals surface area contributed by atoms with Crippen molar-refractivity contribution in [1.29, 1.82) is 0 Å². The van der Waals surface area contributed by atoms with Gasteiger partial charge in [0.25, 0.3) is 0 Å². The van der Waals surface area contributed by atoms with Gasteiger partial charge in [0.05, 0.1) is 13.2 Å². The topological polar surface area (TPSA) is 157 Å². The third-order valence-electron chi connectivity index (χ3n) is 7.47. The predicted molar refractivity (Wildman–Crippen MR) is 150 cm³/mol. The van der Waals surface area contributed by atoms with Crippen LogP contribution in [0.5, 0.6) is 0 Å². The molecule has 1 saturated heterocycles. The first-order chi connectivity index (χ1) is 18.9. The van der Waals surface area contributed by atoms with E-state index in [0.717, 1.165) is 30.0 Å². The minimum absolute atomic E-state index is 0.126. The first-order valence-electron chi connectivity index (χ1n) is 15.1. The molecule has 10 nitrogen and oxygen atoms in total. The molecule has 0 bridgehead atoms. The molecular formula is C29H51N3O7. The van der Waals surface area contributed by atoms with Gasteiger partial charge >= 0.3 is 11.7 Å². The molecule has 5 N–H and O–H groups in total. The summed E-state index contributed by atoms with van der Waals surface area (Å²) < 4.78 is 11.6. The van der Waals surface area contributed by atoms with Gasteiger partial charge in [-0.2, -0.15) is 4.98 Å². The number of carbonyl (C=O) groups excluding carboxylic acids is 1. The standard InChI is InChI=1S/C29H51N3O7/c1-2-3-4-5-6-7-8-9-10-11-12-13-14-15-16-17-18-19-38-28(36)22-20-32(29(37)31-26(22)30)27-25(35)24(34)23(21-33)39-27/h20,23-25,27,33-35H,2-19,21H2,1H3,(H2,30,31,37)/t23-,24-,25+,27-/m1/s1. The second kappa shape index (κ2) is 19.1. The number of rotatable bonds is 21. The summed E-state index contributed by atoms with van der Waals surface area (Å²) in [6.07, 6.45) is 17.4. The number of esters is 1. The highest BCUT2D eigenvalue weighted by Crippen LogP contribution is 2.28. The molecule has 10 heteroatoms. The zero-order valence-corrected chi connectivity index (χ0v) is 23.8. The summed E-state index contributed by atoms with van der Waals surface area (Å²) in [6, 6.07) is 0. The fourth-order valence-corrected chi connectivity index (χ4v) is 5.00. The van der Waals surface area contributed by atoms with Crippen LogP contribution in [-0.2, 0) is 9.47 Å². The van der Waals surface area contributed by atoms with Gasteiger partial charge in [-0.05, 0) is 6.42 Å². The molecule has 0 aliphatic carbocycles. The number of hydrogen-bond acceptors (Lipinski definition) is 9. The number of unbranched alkanes of at least 4 members (excludes halogenated alkanes) is 16. The maximum Gasteiger partial charge on any atom is 0.351 e. The number of nitrogens with zero attached hydrogens (tertiary/aromatic N) is 2. The van der Waals surface area contributed by atoms with Gasteiger partial charge in [-0.25, -0.2) is 9.59 Å². The Morgan fingerprint density at radius 3 is 1.85 bits per heavy atom. The summed E-state index contributed by atoms with van der Waals surface area (Å²) in [5.41, 5.74) is 4.78. The number of carbonyl (C=O) groups is 1. The molecule has 4 atom stereocenters. The lowest BCUT2D eigenvalue weighted by Crippen LogP contribution is -2.36. The van der Waals surface area contributed by atoms with E-state index in [2.05, 4.69) is 11.9 Å². The molecule has 224 valence electrons. The van der Waals surface area contributed by atoms with E-state index >= 15 is 0 Å². The van der Waals surface area contributed by atoms with Gasteiger partial charge < -0.3 is 30.5 Å². The fraction of sp³-hybridized carbons (Fsp3) is 0.828. The van der Waals surface area contributed by atoms with E-state index in [1.165, 1.54) is 89.9 Å². The van der Waals surface area contributed by atoms with Gasteiger partial charge in [-0.1, -0.05) is 110 Å². The summed E-state index contributed by atoms with van der Waals surface area (Å²) >= 11 is 0. The van der Waals surface area contributed by atoms with E-state index < -0.39 is 42.8 Å². The number of nitrogens with two attached hydrogens (primary N) is 1. The van der Waals surface area contributed by atoms with Crippen LogP contribution in [0.3, 0.4) is 0 Å². The van der Waals surface area contributed by atoms with Crippen LogP contribution in [0.1, 0.15) is 133 Å². The van der Waals surface area contributed by atoms with Crippen LogP contribution in [-0.4, -0.2) is 62.4 Å². The van der Waals surface area contributed by atoms with Crippen molar-refractivity contribution in [3.63, 3.8) is 0 Å². The van der Waals surface area contributed by atoms with Crippen molar-refractivity contribution in [3.8, 4) is 0 Å². The lowest BCUT2D eigenvalue weighted by Gasteiger charge is -2.18. The number of nitrogen functional groups attached to an aromatic ring is 1. The van der Waals surface area contributed by atoms with Gasteiger partial charge in [0.15, 0.2) is 6.23 Å². The molecule has 2 rings (SSSR count). The van der Waals surface area contributed by atoms with Crippen molar-refractivity contribution in [2.24, 2.45) is 0 Å². The summed E-state index contributed by atoms with van der Waals surface area (Å²) in [4.78, 5) is 28.4. The van der Waals surface area contributed by atoms with Crippen molar-refractivity contribution >= 4 is 11.8 Å². The van der Waals surface area contributed by atoms with Crippen LogP contribution in [0.4, 0.5) is 5.82 Å². The summed E-state index contributed by atoms with van der Waals surface area (Å²) in [6.45, 7) is 1.94. The van der Waals surface area contributed by atoms with E-state index in [1.807, 2.05) is 0 Å². The lowest BCUT2D eigenvalue weighted by atomic mass is 10.0. The van der Waals surface area contributed by atoms with Crippen LogP contribution in [0, 0.1) is 0 Å². The second-order valence-electron chi connectivity index (χ2n) is 10.8. The molecule has 1 aromatic heterocycles. The van der Waals surface area contributed by atoms with Crippen LogP contribution >= 0.6 is 0 Å². The highest BCUT2D eigenvalue weighted by Gasteiger charge is 2.44. The van der Waals surface area contributed by atoms with Crippen LogP contribution < -0.4 is 11.4 Å². The normalized spacial score (nSPS) is 20.9. The number of hydrogen-bond donors (Lipinski definition) is 4. The maximum absolute atomic E-state index is 12.5. The van der Waals surface area contributed by atoms with Gasteiger partial charge in [0.2, 0.25) is 0 Å². The molecule has 0 saturated carbocycles. The molecule has 0 aromatic carbocycles. The molecule has 0 radical (unpaired) electrons. The number of ether oxygens (including phenoxy) is 2. The number of aliphatic hydroxyl groups excluding tert-OH is 3. The predicted octanol–water partition coefficient (Wildman–Crippen LogP) is 4.25. The van der Waals surface area contributed by atoms with E-state index in [4.69, 9.17) is 15.2 Å². The van der Waals surface area contributed by atoms with E-state index in [1.54, 1.807) is 0 Å². The van der Waals surface area contributed by atoms with E-state index in [9.17, 15) is 24.9 Å². The average molecular weight is 554 g/mol. The molecule has 39 heavy (non-hydrogen) atoms. The first-order valence-corrected chi connectivity index (χ1v) is 15.1. The van der Waals surface area contributed by atoms with Crippen LogP contribution in [0.25, 0.3) is 0 Å². The third-order valence-corrected chi connectivity index (χ3v) is 7.47. The lowest BCUT2D eigenvalue weighted by molar-refractivity contribution is -0.0550. The molecular weight excluding hydrogens is 502 g/mol. The third kappa shape index (κ3) is 11.6. The zero-order valence-electron chi connectivity index (χ0n) is 23.8. The van der Waals surface area contributed by atoms with Gasteiger partial charge in [0, 0.05) is 6.20 Å². The largest absolute Gasteiger partial charge is 0.462 e. The number of aromatic nitrogens is 2. The quantitative estimate of drug-likeness (QED) is 0.129. The van der Waals surface area contributed by atoms with Crippen molar-refractivity contribution < 1.29 is 29.6 Å². The molecule has 2 heterocycles. The van der Waals surface area contributed by atoms with Gasteiger partial charge in [-0.3, -0.25) is 4.57 Å². The molecule has 1 aliphatic heterocycles. The van der Waals surface area contributed by atoms with Crippen LogP contribution in [0.2, 0.25) is 0 Å². The molecule has 1 aromatic rings. The molecule has 0 amide bonds. The number of aliphatic hydroxyl groups is 3. The van der Waals surface area contributed by atoms with E-state index in [-0.39, 0.29) is 18.0 Å². The summed E-state index contributed by atoms with van der Waals surface area (Å²) in [5, 5.41) is 29.4. The van der Waals surface area contributed by atoms with Crippen molar-refractivity contribution in [2.45, 2.75) is 141 Å². The van der Waals surface area contributed by atoms with Crippen LogP contribution in [0.15, 0.2) is 11.0 Å². The highest BCUT2D eigenvalue weighted by atomic mass is 16.6. The Kier molecular flexibility index (Phi) is 16.3. The average Bonchev–Trinajstić information content (AvgIpc) is 3.21. The first kappa shape index (κ1) is 33.2. The Bertz CT molecular complexity index is 879. The Morgan fingerprint density at radius 2 is 1.38 bits per heavy atom. The summed E-state index contributed by atoms with van der Waals surface area (Å²) in [7, 11) is 0. The Hall–Kier alpha value is -2.01.